The van der Waals surface area contributed by atoms with Gasteiger partial charge in [-0.05, 0) is 19.8 Å². The van der Waals surface area contributed by atoms with E-state index in [-0.39, 0.29) is 17.3 Å². The van der Waals surface area contributed by atoms with E-state index in [1.165, 1.54) is 16.3 Å². The monoisotopic (exact) mass is 395 g/mol. The van der Waals surface area contributed by atoms with Crippen LogP contribution in [0.15, 0.2) is 17.3 Å². The summed E-state index contributed by atoms with van der Waals surface area (Å²) in [7, 11) is 0. The molecule has 1 aliphatic rings. The summed E-state index contributed by atoms with van der Waals surface area (Å²) in [6, 6.07) is 1.71. The molecule has 6 nitrogen and oxygen atoms in total. The highest BCUT2D eigenvalue weighted by Gasteiger charge is 2.21. The van der Waals surface area contributed by atoms with E-state index < -0.39 is 17.5 Å². The van der Waals surface area contributed by atoms with Crippen molar-refractivity contribution in [3.05, 3.63) is 40.8 Å². The molecule has 3 aromatic rings. The van der Waals surface area contributed by atoms with Gasteiger partial charge < -0.3 is 4.74 Å². The zero-order valence-electron chi connectivity index (χ0n) is 14.4. The smallest absolute Gasteiger partial charge is 0.194 e. The fourth-order valence-corrected chi connectivity index (χ4v) is 4.15. The SMILES string of the molecule is Cc1[nH]nc2nc(SCC3CCCO3)n(-c3cc(F)c(F)c(F)c3)c(=N)c12. The third-order valence-electron chi connectivity index (χ3n) is 4.43. The van der Waals surface area contributed by atoms with Crippen LogP contribution in [0.1, 0.15) is 18.5 Å². The number of halogens is 3. The van der Waals surface area contributed by atoms with Crippen LogP contribution < -0.4 is 5.49 Å². The maximum absolute atomic E-state index is 13.8. The first-order chi connectivity index (χ1) is 13.0. The lowest BCUT2D eigenvalue weighted by molar-refractivity contribution is 0.129. The van der Waals surface area contributed by atoms with E-state index in [0.717, 1.165) is 25.0 Å². The number of aromatic nitrogens is 4. The van der Waals surface area contributed by atoms with Gasteiger partial charge in [0.05, 0.1) is 17.2 Å². The first-order valence-corrected chi connectivity index (χ1v) is 9.36. The number of fused-ring (bicyclic) bond motifs is 1. The number of H-pyrrole nitrogens is 1. The summed E-state index contributed by atoms with van der Waals surface area (Å²) < 4.78 is 47.9. The van der Waals surface area contributed by atoms with Crippen LogP contribution in [0.25, 0.3) is 16.7 Å². The van der Waals surface area contributed by atoms with Gasteiger partial charge in [-0.25, -0.2) is 18.2 Å². The molecule has 2 aromatic heterocycles. The van der Waals surface area contributed by atoms with Gasteiger partial charge in [0.15, 0.2) is 28.3 Å². The summed E-state index contributed by atoms with van der Waals surface area (Å²) in [4.78, 5) is 4.45. The van der Waals surface area contributed by atoms with Gasteiger partial charge in [-0.2, -0.15) is 5.10 Å². The number of thioether (sulfide) groups is 1. The highest BCUT2D eigenvalue weighted by atomic mass is 32.2. The highest BCUT2D eigenvalue weighted by molar-refractivity contribution is 7.99. The molecule has 2 N–H and O–H groups in total. The molecular formula is C17H16F3N5OS. The lowest BCUT2D eigenvalue weighted by Crippen LogP contribution is -2.23. The maximum Gasteiger partial charge on any atom is 0.194 e. The molecule has 0 spiro atoms. The Hall–Kier alpha value is -2.33. The second kappa shape index (κ2) is 7.01. The van der Waals surface area contributed by atoms with E-state index >= 15 is 0 Å². The average molecular weight is 395 g/mol. The molecular weight excluding hydrogens is 379 g/mol. The number of hydrogen-bond acceptors (Lipinski definition) is 5. The van der Waals surface area contributed by atoms with Crippen molar-refractivity contribution in [1.82, 2.24) is 19.7 Å². The van der Waals surface area contributed by atoms with Crippen molar-refractivity contribution in [3.8, 4) is 5.69 Å². The Bertz CT molecular complexity index is 1050. The topological polar surface area (TPSA) is 79.6 Å². The third kappa shape index (κ3) is 3.23. The van der Waals surface area contributed by atoms with Gasteiger partial charge in [0.1, 0.15) is 5.49 Å². The minimum absolute atomic E-state index is 0.0127. The van der Waals surface area contributed by atoms with Gasteiger partial charge in [0, 0.05) is 30.2 Å². The largest absolute Gasteiger partial charge is 0.377 e. The fourth-order valence-electron chi connectivity index (χ4n) is 3.08. The molecule has 1 saturated heterocycles. The number of rotatable bonds is 4. The summed E-state index contributed by atoms with van der Waals surface area (Å²) in [6.07, 6.45) is 1.95. The number of aryl methyl sites for hydroxylation is 1. The lowest BCUT2D eigenvalue weighted by Gasteiger charge is -2.15. The number of nitrogens with zero attached hydrogens (tertiary/aromatic N) is 3. The van der Waals surface area contributed by atoms with Crippen LogP contribution in [0, 0.1) is 29.8 Å². The highest BCUT2D eigenvalue weighted by Crippen LogP contribution is 2.26. The minimum atomic E-state index is -1.55. The van der Waals surface area contributed by atoms with Crippen LogP contribution in [0.2, 0.25) is 0 Å². The zero-order valence-corrected chi connectivity index (χ0v) is 15.2. The summed E-state index contributed by atoms with van der Waals surface area (Å²) in [5, 5.41) is 16.1. The zero-order chi connectivity index (χ0) is 19.1. The van der Waals surface area contributed by atoms with E-state index in [2.05, 4.69) is 15.2 Å². The summed E-state index contributed by atoms with van der Waals surface area (Å²) in [5.74, 6) is -3.62. The van der Waals surface area contributed by atoms with Gasteiger partial charge in [-0.15, -0.1) is 0 Å². The van der Waals surface area contributed by atoms with Crippen molar-refractivity contribution in [2.24, 2.45) is 0 Å². The second-order valence-corrected chi connectivity index (χ2v) is 7.28. The van der Waals surface area contributed by atoms with Crippen molar-refractivity contribution >= 4 is 22.8 Å². The Morgan fingerprint density at radius 3 is 2.74 bits per heavy atom. The molecule has 1 fully saturated rings. The molecule has 0 saturated carbocycles. The Labute approximate surface area is 156 Å². The molecule has 0 radical (unpaired) electrons. The van der Waals surface area contributed by atoms with E-state index in [0.29, 0.717) is 34.2 Å². The van der Waals surface area contributed by atoms with Crippen molar-refractivity contribution < 1.29 is 17.9 Å². The Morgan fingerprint density at radius 1 is 1.33 bits per heavy atom. The van der Waals surface area contributed by atoms with Crippen LogP contribution in [-0.4, -0.2) is 38.2 Å². The van der Waals surface area contributed by atoms with Crippen molar-refractivity contribution in [2.45, 2.75) is 31.0 Å². The number of aromatic amines is 1. The molecule has 142 valence electrons. The normalized spacial score (nSPS) is 17.1. The van der Waals surface area contributed by atoms with Crippen LogP contribution in [0.5, 0.6) is 0 Å². The molecule has 27 heavy (non-hydrogen) atoms. The third-order valence-corrected chi connectivity index (χ3v) is 5.50. The number of nitrogens with one attached hydrogen (secondary N) is 2. The number of benzene rings is 1. The molecule has 0 amide bonds. The quantitative estimate of drug-likeness (QED) is 0.404. The summed E-state index contributed by atoms with van der Waals surface area (Å²) in [5.41, 5.74) is 0.898. The van der Waals surface area contributed by atoms with Gasteiger partial charge in [-0.3, -0.25) is 15.1 Å². The van der Waals surface area contributed by atoms with Gasteiger partial charge >= 0.3 is 0 Å². The lowest BCUT2D eigenvalue weighted by atomic mass is 10.2. The van der Waals surface area contributed by atoms with Crippen LogP contribution in [0.3, 0.4) is 0 Å². The Balaban J connectivity index is 1.87. The van der Waals surface area contributed by atoms with Crippen LogP contribution >= 0.6 is 11.8 Å². The van der Waals surface area contributed by atoms with E-state index in [9.17, 15) is 13.2 Å². The molecule has 1 aliphatic heterocycles. The standard InChI is InChI=1S/C17H16F3N5OS/c1-8-13-15(21)25(9-5-11(18)14(20)12(19)6-9)17(22-16(13)24-23-8)27-7-10-3-2-4-26-10/h5-6,10,21H,2-4,7H2,1H3,(H,23,24). The van der Waals surface area contributed by atoms with Gasteiger partial charge in [0.25, 0.3) is 0 Å². The van der Waals surface area contributed by atoms with E-state index in [1.54, 1.807) is 6.92 Å². The van der Waals surface area contributed by atoms with Crippen molar-refractivity contribution in [3.63, 3.8) is 0 Å². The maximum atomic E-state index is 13.8. The average Bonchev–Trinajstić information content (AvgIpc) is 3.27. The predicted molar refractivity (Wildman–Crippen MR) is 93.4 cm³/mol. The number of hydrogen-bond donors (Lipinski definition) is 2. The second-order valence-electron chi connectivity index (χ2n) is 6.30. The van der Waals surface area contributed by atoms with Gasteiger partial charge in [0.2, 0.25) is 0 Å². The molecule has 3 heterocycles. The molecule has 10 heteroatoms. The first-order valence-electron chi connectivity index (χ1n) is 8.37. The van der Waals surface area contributed by atoms with Crippen LogP contribution in [0.4, 0.5) is 13.2 Å². The van der Waals surface area contributed by atoms with E-state index in [4.69, 9.17) is 10.1 Å². The first kappa shape index (κ1) is 18.1. The predicted octanol–water partition coefficient (Wildman–Crippen LogP) is 3.22. The molecule has 0 bridgehead atoms. The molecule has 1 aromatic carbocycles. The molecule has 0 aliphatic carbocycles. The molecule has 1 atom stereocenters. The Morgan fingerprint density at radius 2 is 2.07 bits per heavy atom. The Kier molecular flexibility index (Phi) is 4.68. The van der Waals surface area contributed by atoms with Crippen molar-refractivity contribution in [2.75, 3.05) is 12.4 Å². The van der Waals surface area contributed by atoms with Crippen molar-refractivity contribution in [1.29, 1.82) is 5.41 Å². The summed E-state index contributed by atoms with van der Waals surface area (Å²) >= 11 is 1.31. The van der Waals surface area contributed by atoms with Crippen LogP contribution in [-0.2, 0) is 4.74 Å². The summed E-state index contributed by atoms with van der Waals surface area (Å²) in [6.45, 7) is 2.43. The van der Waals surface area contributed by atoms with Gasteiger partial charge in [-0.1, -0.05) is 11.8 Å². The minimum Gasteiger partial charge on any atom is -0.377 e. The molecule has 1 unspecified atom stereocenters. The van der Waals surface area contributed by atoms with E-state index in [1.807, 2.05) is 0 Å². The fraction of sp³-hybridized carbons (Fsp3) is 0.353. The number of ether oxygens (including phenoxy) is 1. The molecule has 4 rings (SSSR count).